The van der Waals surface area contributed by atoms with Gasteiger partial charge in [-0.3, -0.25) is 0 Å². The number of ether oxygens (including phenoxy) is 2. The fourth-order valence-electron chi connectivity index (χ4n) is 14.6. The van der Waals surface area contributed by atoms with Crippen molar-refractivity contribution in [2.75, 3.05) is 0 Å². The number of carboxylic acids is 2. The Balaban J connectivity index is 1.04. The Morgan fingerprint density at radius 3 is 1.78 bits per heavy atom. The first-order valence-electron chi connectivity index (χ1n) is 26.8. The Morgan fingerprint density at radius 2 is 1.25 bits per heavy atom. The molecule has 9 atom stereocenters. The molecule has 73 heavy (non-hydrogen) atoms. The number of allylic oxidation sites excluding steroid dienone is 1. The van der Waals surface area contributed by atoms with Crippen LogP contribution in [0.25, 0.3) is 5.57 Å². The molecule has 14 heteroatoms. The first-order valence-corrected chi connectivity index (χ1v) is 27.5. The van der Waals surface area contributed by atoms with Crippen molar-refractivity contribution >= 4 is 65.9 Å². The predicted molar refractivity (Wildman–Crippen MR) is 291 cm³/mol. The molecule has 4 aromatic rings. The van der Waals surface area contributed by atoms with Crippen molar-refractivity contribution in [3.05, 3.63) is 122 Å². The summed E-state index contributed by atoms with van der Waals surface area (Å²) in [5.41, 5.74) is 3.44. The lowest BCUT2D eigenvalue weighted by Gasteiger charge is -2.61. The lowest BCUT2D eigenvalue weighted by Crippen LogP contribution is -2.53. The van der Waals surface area contributed by atoms with Crippen LogP contribution in [0.5, 0.6) is 11.5 Å². The van der Waals surface area contributed by atoms with E-state index in [-0.39, 0.29) is 56.8 Å². The zero-order valence-electron chi connectivity index (χ0n) is 43.2. The van der Waals surface area contributed by atoms with Gasteiger partial charge in [0.2, 0.25) is 0 Å². The van der Waals surface area contributed by atoms with Crippen LogP contribution >= 0.6 is 23.2 Å². The first kappa shape index (κ1) is 55.0. The highest BCUT2D eigenvalue weighted by atomic mass is 35.5. The van der Waals surface area contributed by atoms with E-state index >= 15 is 0 Å². The molecule has 0 heterocycles. The molecule has 6 N–H and O–H groups in total. The van der Waals surface area contributed by atoms with E-state index in [0.29, 0.717) is 56.9 Å². The van der Waals surface area contributed by atoms with Crippen LogP contribution in [-0.4, -0.2) is 56.5 Å². The molecule has 0 aromatic heterocycles. The fourth-order valence-corrected chi connectivity index (χ4v) is 15.2. The number of hydrogen-bond donors (Lipinski definition) is 6. The maximum atomic E-state index is 13.0. The van der Waals surface area contributed by atoms with Crippen molar-refractivity contribution < 1.29 is 49.4 Å². The Kier molecular flexibility index (Phi) is 17.5. The summed E-state index contributed by atoms with van der Waals surface area (Å²) < 4.78 is 12.0. The Labute approximate surface area is 442 Å². The van der Waals surface area contributed by atoms with Crippen LogP contribution in [-0.2, 0) is 13.2 Å². The van der Waals surface area contributed by atoms with Gasteiger partial charge in [0, 0.05) is 0 Å². The van der Waals surface area contributed by atoms with Gasteiger partial charge in [0.25, 0.3) is 0 Å². The third-order valence-electron chi connectivity index (χ3n) is 18.3. The van der Waals surface area contributed by atoms with Gasteiger partial charge in [0.1, 0.15) is 24.3 Å². The molecular weight excluding hydrogens is 961 g/mol. The zero-order chi connectivity index (χ0) is 52.4. The highest BCUT2D eigenvalue weighted by molar-refractivity contribution is 6.59. The number of carboxylic acid groups (broad SMARTS) is 2. The minimum Gasteiger partial charge on any atom is -0.486 e. The van der Waals surface area contributed by atoms with Gasteiger partial charge in [0.05, 0.1) is 10.0 Å². The summed E-state index contributed by atoms with van der Waals surface area (Å²) in [5.74, 6) is 3.32. The molecule has 1 unspecified atom stereocenters. The van der Waals surface area contributed by atoms with Crippen LogP contribution in [0, 0.1) is 58.2 Å². The van der Waals surface area contributed by atoms with E-state index in [1.807, 2.05) is 6.08 Å². The zero-order valence-corrected chi connectivity index (χ0v) is 44.7. The van der Waals surface area contributed by atoms with E-state index < -0.39 is 26.2 Å². The van der Waals surface area contributed by atoms with Gasteiger partial charge in [-0.2, -0.15) is 0 Å². The molecule has 0 saturated heterocycles. The van der Waals surface area contributed by atoms with Crippen LogP contribution < -0.4 is 20.4 Å². The van der Waals surface area contributed by atoms with Crippen molar-refractivity contribution in [2.24, 2.45) is 58.2 Å². The molecule has 0 aliphatic heterocycles. The van der Waals surface area contributed by atoms with Crippen LogP contribution in [0.2, 0.25) is 10.0 Å². The number of aromatic carboxylic acids is 2. The smallest absolute Gasteiger partial charge is 0.486 e. The summed E-state index contributed by atoms with van der Waals surface area (Å²) in [4.78, 5) is 26.0. The second-order valence-corrected chi connectivity index (χ2v) is 23.9. The normalized spacial score (nSPS) is 25.8. The highest BCUT2D eigenvalue weighted by Crippen LogP contribution is 2.69. The Hall–Kier alpha value is -4.29. The van der Waals surface area contributed by atoms with Gasteiger partial charge < -0.3 is 39.8 Å². The second-order valence-electron chi connectivity index (χ2n) is 23.1. The van der Waals surface area contributed by atoms with Crippen molar-refractivity contribution in [1.29, 1.82) is 0 Å². The molecule has 0 bridgehead atoms. The van der Waals surface area contributed by atoms with Crippen molar-refractivity contribution in [3.8, 4) is 11.5 Å². The molecule has 4 aromatic carbocycles. The fraction of sp³-hybridized carbons (Fsp3) is 0.525. The van der Waals surface area contributed by atoms with Gasteiger partial charge in [-0.15, -0.1) is 0 Å². The summed E-state index contributed by atoms with van der Waals surface area (Å²) in [6, 6.07) is 19.1. The van der Waals surface area contributed by atoms with Crippen molar-refractivity contribution in [2.45, 2.75) is 138 Å². The highest BCUT2D eigenvalue weighted by Gasteiger charge is 2.60. The van der Waals surface area contributed by atoms with E-state index in [1.54, 1.807) is 60.7 Å². The largest absolute Gasteiger partial charge is 0.488 e. The molecule has 0 radical (unpaired) electrons. The summed E-state index contributed by atoms with van der Waals surface area (Å²) in [5, 5.41) is 60.0. The average Bonchev–Trinajstić information content (AvgIpc) is 3.71. The quantitative estimate of drug-likeness (QED) is 0.0468. The Bertz CT molecular complexity index is 2530. The third-order valence-corrected chi connectivity index (χ3v) is 18.9. The molecule has 390 valence electrons. The van der Waals surface area contributed by atoms with Gasteiger partial charge in [-0.25, -0.2) is 9.59 Å². The minimum absolute atomic E-state index is 0.0216. The predicted octanol–water partition coefficient (Wildman–Crippen LogP) is 11.9. The number of fused-ring (bicyclic) bond motifs is 5. The minimum atomic E-state index is -1.69. The Morgan fingerprint density at radius 1 is 0.699 bits per heavy atom. The van der Waals surface area contributed by atoms with E-state index in [0.717, 1.165) is 48.3 Å². The lowest BCUT2D eigenvalue weighted by atomic mass is 9.44. The van der Waals surface area contributed by atoms with Crippen molar-refractivity contribution in [1.82, 2.24) is 0 Å². The summed E-state index contributed by atoms with van der Waals surface area (Å²) in [6.45, 7) is 12.3. The molecule has 4 saturated carbocycles. The standard InChI is InChI=1S/C59H74B2Cl2O10/c1-35(2)10-6-11-36(3)49-20-21-50-46-19-18-42-26-37(22-24-58(42,4)51(46)23-25-59(49,50)5)12-9-17-45(40-29-47(56(64)65)54(52(62)31-40)72-33-38-13-7-15-43(27-38)60(68)69)41-30-48(57(66)67)55(53(63)32-41)73-34-39-14-8-16-44(28-39)61(70)71/h7-8,13-17,27-32,35-37,42,46,49-51,68-71H,6,9-12,18-26,33-34H2,1-5H3,(H,64,65)(H,66,67)/t36?,37-,42-,46-,49+,50-,51-,58-,59+/m0/s1. The van der Waals surface area contributed by atoms with Crippen LogP contribution in [0.4, 0.5) is 0 Å². The van der Waals surface area contributed by atoms with E-state index in [2.05, 4.69) is 34.6 Å². The molecule has 8 rings (SSSR count). The maximum absolute atomic E-state index is 13.0. The van der Waals surface area contributed by atoms with Crippen LogP contribution in [0.1, 0.15) is 167 Å². The topological polar surface area (TPSA) is 174 Å². The van der Waals surface area contributed by atoms with Crippen molar-refractivity contribution in [3.63, 3.8) is 0 Å². The number of benzene rings is 4. The molecule has 4 aliphatic carbocycles. The third kappa shape index (κ3) is 12.1. The summed E-state index contributed by atoms with van der Waals surface area (Å²) in [6.07, 6.45) is 19.3. The second kappa shape index (κ2) is 23.3. The summed E-state index contributed by atoms with van der Waals surface area (Å²) >= 11 is 13.9. The van der Waals surface area contributed by atoms with E-state index in [9.17, 15) is 39.9 Å². The lowest BCUT2D eigenvalue weighted by molar-refractivity contribution is -0.121. The van der Waals surface area contributed by atoms with Crippen LogP contribution in [0.3, 0.4) is 0 Å². The molecular formula is C59H74B2Cl2O10. The van der Waals surface area contributed by atoms with Crippen LogP contribution in [0.15, 0.2) is 78.9 Å². The molecule has 4 fully saturated rings. The first-order chi connectivity index (χ1) is 34.8. The van der Waals surface area contributed by atoms with Gasteiger partial charge >= 0.3 is 26.2 Å². The monoisotopic (exact) mass is 1030 g/mol. The molecule has 0 amide bonds. The number of hydrogen-bond acceptors (Lipinski definition) is 8. The number of carbonyl (C=O) groups is 2. The number of halogens is 2. The average molecular weight is 1040 g/mol. The van der Waals surface area contributed by atoms with Gasteiger partial charge in [0.15, 0.2) is 11.5 Å². The SMILES string of the molecule is CC(C)CCCC(C)[C@H]1CC[C@H]2[C@@H]3CC[C@H]4C[C@@H](CCC=C(c5cc(Cl)c(OCc6cccc(B(O)O)c6)c(C(=O)O)c5)c5cc(Cl)c(OCc6cccc(B(O)O)c6)c(C(=O)O)c5)CC[C@]4(C)[C@H]3CC[C@]12C. The molecule has 0 spiro atoms. The van der Waals surface area contributed by atoms with E-state index in [1.165, 1.54) is 82.8 Å². The summed E-state index contributed by atoms with van der Waals surface area (Å²) in [7, 11) is -3.38. The molecule has 10 nitrogen and oxygen atoms in total. The maximum Gasteiger partial charge on any atom is 0.488 e. The molecule has 4 aliphatic rings. The van der Waals surface area contributed by atoms with E-state index in [4.69, 9.17) is 32.7 Å². The van der Waals surface area contributed by atoms with Gasteiger partial charge in [-0.1, -0.05) is 132 Å². The number of rotatable bonds is 20. The van der Waals surface area contributed by atoms with Gasteiger partial charge in [-0.05, 0) is 192 Å².